The van der Waals surface area contributed by atoms with Gasteiger partial charge in [-0.2, -0.15) is 0 Å². The maximum atomic E-state index is 5.75. The second-order valence-corrected chi connectivity index (χ2v) is 4.84. The van der Waals surface area contributed by atoms with Crippen LogP contribution in [0.15, 0.2) is 48.5 Å². The molecule has 0 saturated heterocycles. The van der Waals surface area contributed by atoms with Gasteiger partial charge in [-0.05, 0) is 55.8 Å². The Balaban J connectivity index is 1.89. The summed E-state index contributed by atoms with van der Waals surface area (Å²) in [6.45, 7) is 6.76. The number of nitrogens with zero attached hydrogens (tertiary/aromatic N) is 1. The first kappa shape index (κ1) is 14.3. The molecule has 0 fully saturated rings. The Morgan fingerprint density at radius 3 is 2.50 bits per heavy atom. The summed E-state index contributed by atoms with van der Waals surface area (Å²) >= 11 is 0. The fraction of sp³-hybridized carbons (Fsp3) is 0.294. The van der Waals surface area contributed by atoms with Crippen molar-refractivity contribution in [3.63, 3.8) is 0 Å². The highest BCUT2D eigenvalue weighted by atomic mass is 16.5. The van der Waals surface area contributed by atoms with Gasteiger partial charge in [0.15, 0.2) is 0 Å². The summed E-state index contributed by atoms with van der Waals surface area (Å²) in [5, 5.41) is 0. The van der Waals surface area contributed by atoms with E-state index in [1.165, 1.54) is 11.3 Å². The summed E-state index contributed by atoms with van der Waals surface area (Å²) in [5.41, 5.74) is 8.93. The minimum atomic E-state index is 0.658. The Kier molecular flexibility index (Phi) is 4.88. The zero-order valence-corrected chi connectivity index (χ0v) is 12.2. The zero-order chi connectivity index (χ0) is 14.4. The fourth-order valence-corrected chi connectivity index (χ4v) is 2.13. The Bertz CT molecular complexity index is 537. The highest BCUT2D eigenvalue weighted by molar-refractivity contribution is 5.48. The number of nitrogens with two attached hydrogens (primary N) is 1. The van der Waals surface area contributed by atoms with Crippen LogP contribution in [0, 0.1) is 6.92 Å². The molecule has 2 aromatic rings. The molecule has 0 aliphatic rings. The smallest absolute Gasteiger partial charge is 0.119 e. The molecule has 0 unspecified atom stereocenters. The van der Waals surface area contributed by atoms with Gasteiger partial charge in [-0.1, -0.05) is 12.1 Å². The lowest BCUT2D eigenvalue weighted by molar-refractivity contribution is 0.324. The third-order valence-corrected chi connectivity index (χ3v) is 3.26. The van der Waals surface area contributed by atoms with E-state index >= 15 is 0 Å². The first-order valence-electron chi connectivity index (χ1n) is 6.99. The van der Waals surface area contributed by atoms with E-state index < -0.39 is 0 Å². The molecule has 0 spiro atoms. The summed E-state index contributed by atoms with van der Waals surface area (Å²) in [5.74, 6) is 0.861. The Morgan fingerprint density at radius 2 is 1.85 bits per heavy atom. The van der Waals surface area contributed by atoms with E-state index in [1.807, 2.05) is 24.3 Å². The van der Waals surface area contributed by atoms with Crippen LogP contribution >= 0.6 is 0 Å². The summed E-state index contributed by atoms with van der Waals surface area (Å²) in [6.07, 6.45) is 0. The van der Waals surface area contributed by atoms with Crippen LogP contribution in [-0.4, -0.2) is 19.7 Å². The van der Waals surface area contributed by atoms with Gasteiger partial charge in [-0.15, -0.1) is 0 Å². The van der Waals surface area contributed by atoms with Gasteiger partial charge in [0.05, 0.1) is 6.54 Å². The number of rotatable bonds is 6. The van der Waals surface area contributed by atoms with E-state index in [4.69, 9.17) is 10.5 Å². The number of ether oxygens (including phenoxy) is 1. The molecule has 0 aliphatic carbocycles. The fourth-order valence-electron chi connectivity index (χ4n) is 2.13. The van der Waals surface area contributed by atoms with Gasteiger partial charge in [-0.3, -0.25) is 0 Å². The molecule has 20 heavy (non-hydrogen) atoms. The van der Waals surface area contributed by atoms with Crippen LogP contribution in [0.2, 0.25) is 0 Å². The second-order valence-electron chi connectivity index (χ2n) is 4.84. The molecule has 3 nitrogen and oxygen atoms in total. The molecule has 2 N–H and O–H groups in total. The molecule has 0 aromatic heterocycles. The van der Waals surface area contributed by atoms with Crippen molar-refractivity contribution in [1.29, 1.82) is 0 Å². The van der Waals surface area contributed by atoms with E-state index in [0.717, 1.165) is 24.5 Å². The average Bonchev–Trinajstić information content (AvgIpc) is 2.45. The first-order chi connectivity index (χ1) is 9.69. The largest absolute Gasteiger partial charge is 0.492 e. The van der Waals surface area contributed by atoms with Gasteiger partial charge in [0, 0.05) is 17.9 Å². The minimum Gasteiger partial charge on any atom is -0.492 e. The minimum absolute atomic E-state index is 0.658. The Labute approximate surface area is 121 Å². The van der Waals surface area contributed by atoms with E-state index in [1.54, 1.807) is 0 Å². The lowest BCUT2D eigenvalue weighted by Crippen LogP contribution is -2.28. The molecule has 0 radical (unpaired) electrons. The summed E-state index contributed by atoms with van der Waals surface area (Å²) in [7, 11) is 0. The van der Waals surface area contributed by atoms with E-state index in [0.29, 0.717) is 6.61 Å². The van der Waals surface area contributed by atoms with Crippen LogP contribution < -0.4 is 15.4 Å². The molecule has 2 aromatic carbocycles. The van der Waals surface area contributed by atoms with Crippen LogP contribution in [0.5, 0.6) is 5.75 Å². The molecule has 2 rings (SSSR count). The molecule has 0 atom stereocenters. The van der Waals surface area contributed by atoms with Crippen molar-refractivity contribution in [2.75, 3.05) is 30.3 Å². The van der Waals surface area contributed by atoms with Crippen LogP contribution in [0.3, 0.4) is 0 Å². The Morgan fingerprint density at radius 1 is 1.10 bits per heavy atom. The summed E-state index contributed by atoms with van der Waals surface area (Å²) < 4.78 is 5.75. The number of benzene rings is 2. The predicted octanol–water partition coefficient (Wildman–Crippen LogP) is 3.48. The topological polar surface area (TPSA) is 38.5 Å². The van der Waals surface area contributed by atoms with Crippen molar-refractivity contribution < 1.29 is 4.74 Å². The maximum Gasteiger partial charge on any atom is 0.119 e. The molecule has 0 bridgehead atoms. The predicted molar refractivity (Wildman–Crippen MR) is 85.4 cm³/mol. The average molecular weight is 270 g/mol. The molecular formula is C17H22N2O. The number of anilines is 2. The number of likely N-dealkylation sites (N-methyl/N-ethyl adjacent to an activating group) is 1. The van der Waals surface area contributed by atoms with Crippen molar-refractivity contribution in [3.05, 3.63) is 54.1 Å². The normalized spacial score (nSPS) is 10.3. The van der Waals surface area contributed by atoms with Gasteiger partial charge in [0.1, 0.15) is 12.4 Å². The standard InChI is InChI=1S/C17H22N2O/c1-3-19(16-6-4-5-14(2)13-16)11-12-20-17-9-7-15(18)8-10-17/h4-10,13H,3,11-12,18H2,1-2H3. The first-order valence-corrected chi connectivity index (χ1v) is 6.99. The lowest BCUT2D eigenvalue weighted by Gasteiger charge is -2.23. The van der Waals surface area contributed by atoms with E-state index in [-0.39, 0.29) is 0 Å². The second kappa shape index (κ2) is 6.85. The summed E-state index contributed by atoms with van der Waals surface area (Å²) in [6, 6.07) is 16.1. The Hall–Kier alpha value is -2.16. The third-order valence-electron chi connectivity index (χ3n) is 3.26. The molecule has 0 saturated carbocycles. The lowest BCUT2D eigenvalue weighted by atomic mass is 10.2. The van der Waals surface area contributed by atoms with Gasteiger partial charge in [0.2, 0.25) is 0 Å². The number of nitrogen functional groups attached to an aromatic ring is 1. The third kappa shape index (κ3) is 3.92. The van der Waals surface area contributed by atoms with E-state index in [2.05, 4.69) is 43.0 Å². The van der Waals surface area contributed by atoms with Crippen molar-refractivity contribution in [3.8, 4) is 5.75 Å². The molecule has 0 amide bonds. The van der Waals surface area contributed by atoms with Gasteiger partial charge in [0.25, 0.3) is 0 Å². The molecule has 106 valence electrons. The van der Waals surface area contributed by atoms with Gasteiger partial charge < -0.3 is 15.4 Å². The number of hydrogen-bond donors (Lipinski definition) is 1. The summed E-state index contributed by atoms with van der Waals surface area (Å²) in [4.78, 5) is 2.31. The highest BCUT2D eigenvalue weighted by Crippen LogP contribution is 2.16. The quantitative estimate of drug-likeness (QED) is 0.817. The molecule has 0 aliphatic heterocycles. The van der Waals surface area contributed by atoms with Gasteiger partial charge >= 0.3 is 0 Å². The van der Waals surface area contributed by atoms with Crippen molar-refractivity contribution >= 4 is 11.4 Å². The van der Waals surface area contributed by atoms with Crippen molar-refractivity contribution in [1.82, 2.24) is 0 Å². The maximum absolute atomic E-state index is 5.75. The van der Waals surface area contributed by atoms with Crippen LogP contribution in [0.25, 0.3) is 0 Å². The van der Waals surface area contributed by atoms with Crippen LogP contribution in [0.1, 0.15) is 12.5 Å². The molecule has 3 heteroatoms. The molecule has 0 heterocycles. The molecular weight excluding hydrogens is 248 g/mol. The zero-order valence-electron chi connectivity index (χ0n) is 12.2. The SMILES string of the molecule is CCN(CCOc1ccc(N)cc1)c1cccc(C)c1. The van der Waals surface area contributed by atoms with Gasteiger partial charge in [-0.25, -0.2) is 0 Å². The van der Waals surface area contributed by atoms with Crippen LogP contribution in [0.4, 0.5) is 11.4 Å². The van der Waals surface area contributed by atoms with E-state index in [9.17, 15) is 0 Å². The van der Waals surface area contributed by atoms with Crippen molar-refractivity contribution in [2.45, 2.75) is 13.8 Å². The monoisotopic (exact) mass is 270 g/mol. The van der Waals surface area contributed by atoms with Crippen LogP contribution in [-0.2, 0) is 0 Å². The number of hydrogen-bond acceptors (Lipinski definition) is 3. The highest BCUT2D eigenvalue weighted by Gasteiger charge is 2.04. The van der Waals surface area contributed by atoms with Crippen molar-refractivity contribution in [2.24, 2.45) is 0 Å². The number of aryl methyl sites for hydroxylation is 1.